The molecule has 6 heteroatoms. The predicted octanol–water partition coefficient (Wildman–Crippen LogP) is 2.55. The number of fused-ring (bicyclic) bond motifs is 1. The first-order valence-corrected chi connectivity index (χ1v) is 8.25. The minimum atomic E-state index is 0.00200. The van der Waals surface area contributed by atoms with Gasteiger partial charge in [0.1, 0.15) is 19.0 Å². The molecule has 1 aromatic carbocycles. The van der Waals surface area contributed by atoms with E-state index in [4.69, 9.17) is 9.47 Å². The molecular weight excluding hydrogens is 306 g/mol. The predicted molar refractivity (Wildman–Crippen MR) is 89.6 cm³/mol. The smallest absolute Gasteiger partial charge is 0.229 e. The van der Waals surface area contributed by atoms with E-state index in [2.05, 4.69) is 10.4 Å². The van der Waals surface area contributed by atoms with Gasteiger partial charge in [-0.3, -0.25) is 9.48 Å². The van der Waals surface area contributed by atoms with Gasteiger partial charge in [-0.15, -0.1) is 0 Å². The fourth-order valence-corrected chi connectivity index (χ4v) is 3.29. The van der Waals surface area contributed by atoms with E-state index in [0.717, 1.165) is 40.6 Å². The summed E-state index contributed by atoms with van der Waals surface area (Å²) in [6, 6.07) is 5.97. The molecule has 24 heavy (non-hydrogen) atoms. The molecular formula is C18H21N3O3. The Morgan fingerprint density at radius 2 is 2.00 bits per heavy atom. The van der Waals surface area contributed by atoms with Gasteiger partial charge in [-0.2, -0.15) is 5.10 Å². The van der Waals surface area contributed by atoms with Crippen LogP contribution in [0.5, 0.6) is 11.5 Å². The molecule has 1 aliphatic heterocycles. The first kappa shape index (κ1) is 15.1. The second kappa shape index (κ2) is 5.54. The number of carbonyl (C=O) groups is 1. The van der Waals surface area contributed by atoms with Gasteiger partial charge >= 0.3 is 0 Å². The zero-order chi connectivity index (χ0) is 16.8. The van der Waals surface area contributed by atoms with E-state index in [-0.39, 0.29) is 17.7 Å². The van der Waals surface area contributed by atoms with Gasteiger partial charge in [-0.1, -0.05) is 6.07 Å². The van der Waals surface area contributed by atoms with Crippen molar-refractivity contribution in [2.45, 2.75) is 26.2 Å². The molecule has 2 aromatic rings. The summed E-state index contributed by atoms with van der Waals surface area (Å²) in [5.74, 6) is 2.65. The number of amides is 1. The van der Waals surface area contributed by atoms with Crippen LogP contribution in [0.3, 0.4) is 0 Å². The minimum Gasteiger partial charge on any atom is -0.486 e. The standard InChI is InChI=1S/C18H21N3O3/c1-10-11(2)20-21(3)17(10)19-18(22)14-9-13(14)12-4-5-15-16(8-12)24-7-6-23-15/h4-5,8,13-14H,6-7,9H2,1-3H3,(H,19,22)/t13-,14-/m1/s1. The van der Waals surface area contributed by atoms with Crippen LogP contribution in [-0.2, 0) is 11.8 Å². The maximum Gasteiger partial charge on any atom is 0.229 e. The highest BCUT2D eigenvalue weighted by Crippen LogP contribution is 2.49. The number of hydrogen-bond acceptors (Lipinski definition) is 4. The van der Waals surface area contributed by atoms with Crippen molar-refractivity contribution in [3.8, 4) is 11.5 Å². The van der Waals surface area contributed by atoms with Crippen LogP contribution >= 0.6 is 0 Å². The molecule has 6 nitrogen and oxygen atoms in total. The Kier molecular flexibility index (Phi) is 3.48. The monoisotopic (exact) mass is 327 g/mol. The zero-order valence-electron chi connectivity index (χ0n) is 14.1. The van der Waals surface area contributed by atoms with Crippen molar-refractivity contribution in [2.75, 3.05) is 18.5 Å². The normalized spacial score (nSPS) is 21.5. The van der Waals surface area contributed by atoms with Crippen molar-refractivity contribution in [2.24, 2.45) is 13.0 Å². The largest absolute Gasteiger partial charge is 0.486 e. The fraction of sp³-hybridized carbons (Fsp3) is 0.444. The molecule has 1 aromatic heterocycles. The Hall–Kier alpha value is -2.50. The molecule has 2 atom stereocenters. The van der Waals surface area contributed by atoms with Crippen molar-refractivity contribution in [1.82, 2.24) is 9.78 Å². The summed E-state index contributed by atoms with van der Waals surface area (Å²) in [6.07, 6.45) is 0.862. The molecule has 0 bridgehead atoms. The van der Waals surface area contributed by atoms with Crippen LogP contribution in [0.15, 0.2) is 18.2 Å². The van der Waals surface area contributed by atoms with E-state index in [0.29, 0.717) is 13.2 Å². The highest BCUT2D eigenvalue weighted by atomic mass is 16.6. The van der Waals surface area contributed by atoms with E-state index >= 15 is 0 Å². The topological polar surface area (TPSA) is 65.4 Å². The van der Waals surface area contributed by atoms with Crippen LogP contribution in [-0.4, -0.2) is 28.9 Å². The Labute approximate surface area is 140 Å². The Bertz CT molecular complexity index is 812. The number of anilines is 1. The van der Waals surface area contributed by atoms with Gasteiger partial charge in [-0.25, -0.2) is 0 Å². The zero-order valence-corrected chi connectivity index (χ0v) is 14.1. The number of ether oxygens (including phenoxy) is 2. The van der Waals surface area contributed by atoms with Crippen LogP contribution in [0.4, 0.5) is 5.82 Å². The summed E-state index contributed by atoms with van der Waals surface area (Å²) in [5, 5.41) is 7.37. The number of aryl methyl sites for hydroxylation is 2. The second-order valence-electron chi connectivity index (χ2n) is 6.52. The molecule has 1 saturated carbocycles. The average molecular weight is 327 g/mol. The van der Waals surface area contributed by atoms with Gasteiger partial charge in [0.2, 0.25) is 5.91 Å². The molecule has 0 unspecified atom stereocenters. The molecule has 1 fully saturated rings. The molecule has 1 N–H and O–H groups in total. The minimum absolute atomic E-state index is 0.00200. The Balaban J connectivity index is 1.47. The summed E-state index contributed by atoms with van der Waals surface area (Å²) in [5.41, 5.74) is 3.09. The third kappa shape index (κ3) is 2.52. The Morgan fingerprint density at radius 1 is 1.25 bits per heavy atom. The molecule has 0 saturated heterocycles. The number of nitrogens with one attached hydrogen (secondary N) is 1. The van der Waals surface area contributed by atoms with Crippen molar-refractivity contribution in [1.29, 1.82) is 0 Å². The van der Waals surface area contributed by atoms with Gasteiger partial charge < -0.3 is 14.8 Å². The van der Waals surface area contributed by atoms with Gasteiger partial charge in [0.25, 0.3) is 0 Å². The van der Waals surface area contributed by atoms with Crippen LogP contribution in [0.1, 0.15) is 29.2 Å². The van der Waals surface area contributed by atoms with Gasteiger partial charge in [0.15, 0.2) is 11.5 Å². The summed E-state index contributed by atoms with van der Waals surface area (Å²) >= 11 is 0. The van der Waals surface area contributed by atoms with Crippen molar-refractivity contribution >= 4 is 11.7 Å². The quantitative estimate of drug-likeness (QED) is 0.941. The molecule has 2 aliphatic rings. The first-order chi connectivity index (χ1) is 11.5. The van der Waals surface area contributed by atoms with Crippen molar-refractivity contribution < 1.29 is 14.3 Å². The lowest BCUT2D eigenvalue weighted by atomic mass is 10.1. The number of nitrogens with zero attached hydrogens (tertiary/aromatic N) is 2. The lowest BCUT2D eigenvalue weighted by Crippen LogP contribution is -2.18. The summed E-state index contributed by atoms with van der Waals surface area (Å²) < 4.78 is 12.9. The number of hydrogen-bond donors (Lipinski definition) is 1. The van der Waals surface area contributed by atoms with Crippen LogP contribution in [0, 0.1) is 19.8 Å². The summed E-state index contributed by atoms with van der Waals surface area (Å²) in [6.45, 7) is 5.08. The molecule has 1 amide bonds. The van der Waals surface area contributed by atoms with Gasteiger partial charge in [0.05, 0.1) is 5.69 Å². The van der Waals surface area contributed by atoms with E-state index < -0.39 is 0 Å². The number of carbonyl (C=O) groups excluding carboxylic acids is 1. The van der Waals surface area contributed by atoms with Crippen molar-refractivity contribution in [3.63, 3.8) is 0 Å². The number of rotatable bonds is 3. The molecule has 126 valence electrons. The van der Waals surface area contributed by atoms with E-state index in [9.17, 15) is 4.79 Å². The third-order valence-electron chi connectivity index (χ3n) is 4.88. The maximum absolute atomic E-state index is 12.6. The van der Waals surface area contributed by atoms with E-state index in [1.54, 1.807) is 4.68 Å². The Morgan fingerprint density at radius 3 is 2.71 bits per heavy atom. The molecule has 1 aliphatic carbocycles. The van der Waals surface area contributed by atoms with Crippen LogP contribution in [0.2, 0.25) is 0 Å². The fourth-order valence-electron chi connectivity index (χ4n) is 3.29. The van der Waals surface area contributed by atoms with Crippen LogP contribution in [0.25, 0.3) is 0 Å². The number of benzene rings is 1. The number of aromatic nitrogens is 2. The lowest BCUT2D eigenvalue weighted by Gasteiger charge is -2.18. The lowest BCUT2D eigenvalue weighted by molar-refractivity contribution is -0.117. The average Bonchev–Trinajstić information content (AvgIpc) is 3.34. The second-order valence-corrected chi connectivity index (χ2v) is 6.52. The van der Waals surface area contributed by atoms with Crippen LogP contribution < -0.4 is 14.8 Å². The van der Waals surface area contributed by atoms with E-state index in [1.807, 2.05) is 39.1 Å². The first-order valence-electron chi connectivity index (χ1n) is 8.25. The van der Waals surface area contributed by atoms with Crippen molar-refractivity contribution in [3.05, 3.63) is 35.0 Å². The van der Waals surface area contributed by atoms with Gasteiger partial charge in [0, 0.05) is 18.5 Å². The maximum atomic E-state index is 12.6. The molecule has 0 spiro atoms. The highest BCUT2D eigenvalue weighted by molar-refractivity contribution is 5.95. The van der Waals surface area contributed by atoms with Gasteiger partial charge in [-0.05, 0) is 43.9 Å². The highest BCUT2D eigenvalue weighted by Gasteiger charge is 2.44. The molecule has 4 rings (SSSR count). The summed E-state index contributed by atoms with van der Waals surface area (Å²) in [7, 11) is 1.85. The molecule has 2 heterocycles. The van der Waals surface area contributed by atoms with E-state index in [1.165, 1.54) is 0 Å². The summed E-state index contributed by atoms with van der Waals surface area (Å²) in [4.78, 5) is 12.6. The SMILES string of the molecule is Cc1nn(C)c(NC(=O)[C@@H]2C[C@@H]2c2ccc3c(c2)OCCO3)c1C. The molecule has 0 radical (unpaired) electrons. The third-order valence-corrected chi connectivity index (χ3v) is 4.88.